The van der Waals surface area contributed by atoms with Crippen LogP contribution in [0.1, 0.15) is 31.9 Å². The van der Waals surface area contributed by atoms with E-state index in [1.54, 1.807) is 0 Å². The molecule has 0 atom stereocenters. The van der Waals surface area contributed by atoms with Crippen LogP contribution in [0, 0.1) is 12.3 Å². The van der Waals surface area contributed by atoms with Gasteiger partial charge in [-0.3, -0.25) is 0 Å². The summed E-state index contributed by atoms with van der Waals surface area (Å²) in [5.41, 5.74) is 7.59. The van der Waals surface area contributed by atoms with E-state index in [4.69, 9.17) is 17.3 Å². The van der Waals surface area contributed by atoms with E-state index in [0.29, 0.717) is 16.9 Å². The van der Waals surface area contributed by atoms with Crippen LogP contribution >= 0.6 is 11.6 Å². The third kappa shape index (κ3) is 2.21. The molecule has 0 aliphatic heterocycles. The number of anilines is 2. The van der Waals surface area contributed by atoms with Gasteiger partial charge in [-0.15, -0.1) is 0 Å². The highest BCUT2D eigenvalue weighted by atomic mass is 35.5. The van der Waals surface area contributed by atoms with E-state index in [1.165, 1.54) is 19.3 Å². The van der Waals surface area contributed by atoms with Crippen LogP contribution in [-0.4, -0.2) is 16.5 Å². The van der Waals surface area contributed by atoms with Crippen molar-refractivity contribution in [3.63, 3.8) is 0 Å². The van der Waals surface area contributed by atoms with Crippen LogP contribution in [0.5, 0.6) is 0 Å². The summed E-state index contributed by atoms with van der Waals surface area (Å²) in [5, 5.41) is 3.52. The number of rotatable bonds is 3. The van der Waals surface area contributed by atoms with Gasteiger partial charge in [-0.25, -0.2) is 4.98 Å². The van der Waals surface area contributed by atoms with E-state index in [0.717, 1.165) is 12.2 Å². The minimum absolute atomic E-state index is 0.243. The Hall–Kier alpha value is -1.03. The largest absolute Gasteiger partial charge is 0.394 e. The van der Waals surface area contributed by atoms with Crippen LogP contribution in [0.4, 0.5) is 11.5 Å². The van der Waals surface area contributed by atoms with E-state index in [-0.39, 0.29) is 5.28 Å². The third-order valence-corrected chi connectivity index (χ3v) is 3.52. The average molecular weight is 241 g/mol. The van der Waals surface area contributed by atoms with Crippen molar-refractivity contribution in [2.75, 3.05) is 17.6 Å². The second-order valence-corrected chi connectivity index (χ2v) is 5.20. The fraction of sp³-hybridized carbons (Fsp3) is 0.636. The van der Waals surface area contributed by atoms with Crippen molar-refractivity contribution in [1.82, 2.24) is 9.97 Å². The van der Waals surface area contributed by atoms with E-state index in [2.05, 4.69) is 22.2 Å². The Morgan fingerprint density at radius 2 is 2.12 bits per heavy atom. The van der Waals surface area contributed by atoms with Crippen molar-refractivity contribution >= 4 is 23.1 Å². The summed E-state index contributed by atoms with van der Waals surface area (Å²) in [7, 11) is 0. The zero-order valence-corrected chi connectivity index (χ0v) is 10.4. The van der Waals surface area contributed by atoms with Crippen molar-refractivity contribution in [2.45, 2.75) is 33.1 Å². The molecule has 1 aliphatic rings. The Morgan fingerprint density at radius 3 is 2.69 bits per heavy atom. The van der Waals surface area contributed by atoms with Crippen molar-refractivity contribution in [1.29, 1.82) is 0 Å². The molecule has 5 heteroatoms. The monoisotopic (exact) mass is 240 g/mol. The maximum atomic E-state index is 5.89. The smallest absolute Gasteiger partial charge is 0.224 e. The van der Waals surface area contributed by atoms with Crippen LogP contribution in [-0.2, 0) is 0 Å². The van der Waals surface area contributed by atoms with Gasteiger partial charge in [0.25, 0.3) is 0 Å². The molecule has 1 heterocycles. The molecule has 0 unspecified atom stereocenters. The molecule has 0 bridgehead atoms. The highest BCUT2D eigenvalue weighted by molar-refractivity contribution is 6.28. The second-order valence-electron chi connectivity index (χ2n) is 4.86. The summed E-state index contributed by atoms with van der Waals surface area (Å²) in [4.78, 5) is 8.11. The molecule has 0 radical (unpaired) electrons. The first-order chi connectivity index (χ1) is 7.50. The van der Waals surface area contributed by atoms with E-state index in [9.17, 15) is 0 Å². The maximum Gasteiger partial charge on any atom is 0.224 e. The normalized spacial score (nSPS) is 17.9. The summed E-state index contributed by atoms with van der Waals surface area (Å²) >= 11 is 5.80. The number of aryl methyl sites for hydroxylation is 1. The van der Waals surface area contributed by atoms with Crippen LogP contribution < -0.4 is 11.1 Å². The zero-order valence-electron chi connectivity index (χ0n) is 9.68. The molecule has 0 spiro atoms. The quantitative estimate of drug-likeness (QED) is 0.798. The molecular formula is C11H17ClN4. The van der Waals surface area contributed by atoms with E-state index >= 15 is 0 Å². The molecular weight excluding hydrogens is 224 g/mol. The van der Waals surface area contributed by atoms with E-state index in [1.807, 2.05) is 6.92 Å². The minimum Gasteiger partial charge on any atom is -0.394 e. The van der Waals surface area contributed by atoms with Crippen molar-refractivity contribution in [3.05, 3.63) is 11.0 Å². The summed E-state index contributed by atoms with van der Waals surface area (Å²) in [5.74, 6) is 0.658. The van der Waals surface area contributed by atoms with Crippen LogP contribution in [0.3, 0.4) is 0 Å². The molecule has 0 amide bonds. The SMILES string of the molecule is Cc1nc(Cl)nc(NCC2(C)CCC2)c1N. The Morgan fingerprint density at radius 1 is 1.44 bits per heavy atom. The number of halogens is 1. The number of nitrogens with one attached hydrogen (secondary N) is 1. The first-order valence-electron chi connectivity index (χ1n) is 5.54. The van der Waals surface area contributed by atoms with Gasteiger partial charge in [0.2, 0.25) is 5.28 Å². The van der Waals surface area contributed by atoms with Gasteiger partial charge in [0.1, 0.15) is 0 Å². The molecule has 0 aromatic carbocycles. The van der Waals surface area contributed by atoms with Crippen molar-refractivity contribution < 1.29 is 0 Å². The molecule has 0 saturated heterocycles. The molecule has 88 valence electrons. The summed E-state index contributed by atoms with van der Waals surface area (Å²) < 4.78 is 0. The van der Waals surface area contributed by atoms with Gasteiger partial charge in [0.15, 0.2) is 5.82 Å². The predicted octanol–water partition coefficient (Wildman–Crippen LogP) is 2.62. The molecule has 1 saturated carbocycles. The number of nitrogen functional groups attached to an aromatic ring is 1. The van der Waals surface area contributed by atoms with Gasteiger partial charge < -0.3 is 11.1 Å². The molecule has 1 fully saturated rings. The van der Waals surface area contributed by atoms with Gasteiger partial charge in [-0.05, 0) is 36.8 Å². The lowest BCUT2D eigenvalue weighted by molar-refractivity contribution is 0.180. The third-order valence-electron chi connectivity index (χ3n) is 3.35. The maximum absolute atomic E-state index is 5.89. The molecule has 1 aliphatic carbocycles. The predicted molar refractivity (Wildman–Crippen MR) is 66.6 cm³/mol. The van der Waals surface area contributed by atoms with Crippen LogP contribution in [0.2, 0.25) is 5.28 Å². The lowest BCUT2D eigenvalue weighted by Gasteiger charge is -2.38. The first kappa shape index (κ1) is 11.5. The standard InChI is InChI=1S/C11H17ClN4/c1-7-8(13)9(16-10(12)15-7)14-6-11(2)4-3-5-11/h3-6,13H2,1-2H3,(H,14,15,16). The molecule has 3 N–H and O–H groups in total. The van der Waals surface area contributed by atoms with Gasteiger partial charge in [-0.2, -0.15) is 4.98 Å². The molecule has 1 aromatic heterocycles. The van der Waals surface area contributed by atoms with Gasteiger partial charge in [0, 0.05) is 6.54 Å². The average Bonchev–Trinajstić information content (AvgIpc) is 2.18. The molecule has 4 nitrogen and oxygen atoms in total. The van der Waals surface area contributed by atoms with E-state index < -0.39 is 0 Å². The Labute approximate surface area is 101 Å². The highest BCUT2D eigenvalue weighted by Crippen LogP contribution is 2.40. The fourth-order valence-electron chi connectivity index (χ4n) is 1.94. The lowest BCUT2D eigenvalue weighted by Crippen LogP contribution is -2.33. The summed E-state index contributed by atoms with van der Waals surface area (Å²) in [6, 6.07) is 0. The Kier molecular flexibility index (Phi) is 2.93. The summed E-state index contributed by atoms with van der Waals surface area (Å²) in [6.45, 7) is 5.00. The Balaban J connectivity index is 2.09. The molecule has 1 aromatic rings. The molecule has 16 heavy (non-hydrogen) atoms. The van der Waals surface area contributed by atoms with Gasteiger partial charge in [-0.1, -0.05) is 13.3 Å². The van der Waals surface area contributed by atoms with Crippen molar-refractivity contribution in [3.8, 4) is 0 Å². The van der Waals surface area contributed by atoms with Gasteiger partial charge in [0.05, 0.1) is 11.4 Å². The minimum atomic E-state index is 0.243. The Bertz CT molecular complexity index is 401. The number of hydrogen-bond acceptors (Lipinski definition) is 4. The zero-order chi connectivity index (χ0) is 11.8. The van der Waals surface area contributed by atoms with Gasteiger partial charge >= 0.3 is 0 Å². The second kappa shape index (κ2) is 4.09. The number of nitrogens with zero attached hydrogens (tertiary/aromatic N) is 2. The highest BCUT2D eigenvalue weighted by Gasteiger charge is 2.31. The molecule has 2 rings (SSSR count). The lowest BCUT2D eigenvalue weighted by atomic mass is 9.70. The fourth-order valence-corrected chi connectivity index (χ4v) is 2.15. The number of hydrogen-bond donors (Lipinski definition) is 2. The van der Waals surface area contributed by atoms with Crippen LogP contribution in [0.25, 0.3) is 0 Å². The van der Waals surface area contributed by atoms with Crippen LogP contribution in [0.15, 0.2) is 0 Å². The van der Waals surface area contributed by atoms with Crippen molar-refractivity contribution in [2.24, 2.45) is 5.41 Å². The topological polar surface area (TPSA) is 63.8 Å². The number of aromatic nitrogens is 2. The first-order valence-corrected chi connectivity index (χ1v) is 5.91. The number of nitrogens with two attached hydrogens (primary N) is 1. The summed E-state index contributed by atoms with van der Waals surface area (Å²) in [6.07, 6.45) is 3.84.